The SMILES string of the molecule is Cc1ccc(C[C@H](CCl)N=C(NO)c2c(Br)cnc3nccnc23)c(C)c1. The van der Waals surface area contributed by atoms with Crippen molar-refractivity contribution >= 4 is 44.5 Å². The van der Waals surface area contributed by atoms with Crippen LogP contribution in [0.5, 0.6) is 0 Å². The molecule has 8 heteroatoms. The van der Waals surface area contributed by atoms with Gasteiger partial charge >= 0.3 is 0 Å². The van der Waals surface area contributed by atoms with Crippen LogP contribution in [-0.2, 0) is 6.42 Å². The van der Waals surface area contributed by atoms with E-state index in [-0.39, 0.29) is 11.9 Å². The molecule has 3 rings (SSSR count). The van der Waals surface area contributed by atoms with Gasteiger partial charge in [0.05, 0.1) is 11.6 Å². The van der Waals surface area contributed by atoms with Crippen molar-refractivity contribution in [2.24, 2.45) is 4.99 Å². The van der Waals surface area contributed by atoms with Gasteiger partial charge in [-0.3, -0.25) is 20.7 Å². The Labute approximate surface area is 170 Å². The molecule has 0 aliphatic carbocycles. The molecule has 0 unspecified atom stereocenters. The monoisotopic (exact) mass is 447 g/mol. The number of alkyl halides is 1. The molecule has 1 aromatic carbocycles. The molecule has 0 spiro atoms. The third-order valence-electron chi connectivity index (χ3n) is 4.24. The average Bonchev–Trinajstić information content (AvgIpc) is 2.67. The van der Waals surface area contributed by atoms with E-state index in [4.69, 9.17) is 11.6 Å². The summed E-state index contributed by atoms with van der Waals surface area (Å²) < 4.78 is 0.649. The van der Waals surface area contributed by atoms with Crippen LogP contribution in [0.1, 0.15) is 22.3 Å². The molecule has 0 fully saturated rings. The number of hydrogen-bond acceptors (Lipinski definition) is 5. The summed E-state index contributed by atoms with van der Waals surface area (Å²) in [6.07, 6.45) is 5.41. The summed E-state index contributed by atoms with van der Waals surface area (Å²) in [5.41, 5.74) is 7.36. The molecule has 0 radical (unpaired) electrons. The number of rotatable bonds is 5. The standard InChI is InChI=1S/C19H19BrClN5O/c1-11-3-4-13(12(2)7-11)8-14(9-21)25-18(26-27)16-15(20)10-24-19-17(16)22-5-6-23-19/h3-7,10,14,27H,8-9H2,1-2H3,(H,25,26)/t14-/m1/s1. The number of aryl methyl sites for hydroxylation is 2. The van der Waals surface area contributed by atoms with E-state index < -0.39 is 0 Å². The second kappa shape index (κ2) is 8.73. The number of hydroxylamine groups is 1. The van der Waals surface area contributed by atoms with Crippen molar-refractivity contribution in [2.75, 3.05) is 5.88 Å². The van der Waals surface area contributed by atoms with Gasteiger partial charge in [0.1, 0.15) is 5.52 Å². The first kappa shape index (κ1) is 19.7. The predicted octanol–water partition coefficient (Wildman–Crippen LogP) is 3.98. The molecule has 3 aromatic rings. The van der Waals surface area contributed by atoms with Crippen molar-refractivity contribution in [2.45, 2.75) is 26.3 Å². The van der Waals surface area contributed by atoms with Gasteiger partial charge in [-0.05, 0) is 47.3 Å². The topological polar surface area (TPSA) is 83.3 Å². The quantitative estimate of drug-likeness (QED) is 0.267. The molecule has 1 atom stereocenters. The van der Waals surface area contributed by atoms with E-state index in [2.05, 4.69) is 73.4 Å². The van der Waals surface area contributed by atoms with Crippen LogP contribution in [0.2, 0.25) is 0 Å². The van der Waals surface area contributed by atoms with E-state index in [1.165, 1.54) is 16.7 Å². The molecule has 2 aromatic heterocycles. The van der Waals surface area contributed by atoms with Crippen molar-refractivity contribution in [3.63, 3.8) is 0 Å². The Bertz CT molecular complexity index is 995. The van der Waals surface area contributed by atoms with Gasteiger partial charge in [-0.2, -0.15) is 0 Å². The molecule has 6 nitrogen and oxygen atoms in total. The van der Waals surface area contributed by atoms with Crippen LogP contribution < -0.4 is 5.48 Å². The van der Waals surface area contributed by atoms with E-state index in [1.807, 2.05) is 0 Å². The van der Waals surface area contributed by atoms with Crippen LogP contribution in [0, 0.1) is 13.8 Å². The van der Waals surface area contributed by atoms with Gasteiger partial charge in [-0.1, -0.05) is 23.8 Å². The van der Waals surface area contributed by atoms with Crippen LogP contribution in [-0.4, -0.2) is 37.9 Å². The molecule has 0 saturated carbocycles. The number of pyridine rings is 1. The second-order valence-electron chi connectivity index (χ2n) is 6.24. The lowest BCUT2D eigenvalue weighted by molar-refractivity contribution is 0.234. The third kappa shape index (κ3) is 4.43. The number of amidine groups is 1. The number of aromatic nitrogens is 3. The van der Waals surface area contributed by atoms with Crippen LogP contribution >= 0.6 is 27.5 Å². The maximum Gasteiger partial charge on any atom is 0.178 e. The molecule has 0 aliphatic rings. The first-order valence-corrected chi connectivity index (χ1v) is 9.71. The summed E-state index contributed by atoms with van der Waals surface area (Å²) in [6, 6.07) is 6.08. The highest BCUT2D eigenvalue weighted by Crippen LogP contribution is 2.23. The minimum Gasteiger partial charge on any atom is -0.290 e. The average molecular weight is 449 g/mol. The highest BCUT2D eigenvalue weighted by Gasteiger charge is 2.18. The van der Waals surface area contributed by atoms with Gasteiger partial charge in [0, 0.05) is 28.9 Å². The minimum atomic E-state index is -0.227. The first-order chi connectivity index (χ1) is 13.0. The number of nitrogens with zero attached hydrogens (tertiary/aromatic N) is 4. The maximum atomic E-state index is 9.75. The fraction of sp³-hybridized carbons (Fsp3) is 0.263. The summed E-state index contributed by atoms with van der Waals surface area (Å²) in [4.78, 5) is 17.4. The van der Waals surface area contributed by atoms with Gasteiger partial charge in [0.25, 0.3) is 0 Å². The molecule has 2 N–H and O–H groups in total. The van der Waals surface area contributed by atoms with Gasteiger partial charge in [0.2, 0.25) is 0 Å². The Balaban J connectivity index is 2.01. The molecule has 0 amide bonds. The second-order valence-corrected chi connectivity index (χ2v) is 7.40. The summed E-state index contributed by atoms with van der Waals surface area (Å²) in [5.74, 6) is 0.579. The molecule has 0 saturated heterocycles. The van der Waals surface area contributed by atoms with Crippen LogP contribution in [0.25, 0.3) is 11.2 Å². The number of nitrogens with one attached hydrogen (secondary N) is 1. The van der Waals surface area contributed by atoms with Crippen LogP contribution in [0.15, 0.2) is 46.3 Å². The van der Waals surface area contributed by atoms with Gasteiger partial charge in [-0.15, -0.1) is 11.6 Å². The lowest BCUT2D eigenvalue weighted by Gasteiger charge is -2.15. The normalized spacial score (nSPS) is 13.0. The third-order valence-corrected chi connectivity index (χ3v) is 5.20. The Kier molecular flexibility index (Phi) is 6.36. The van der Waals surface area contributed by atoms with Crippen LogP contribution in [0.4, 0.5) is 0 Å². The highest BCUT2D eigenvalue weighted by molar-refractivity contribution is 9.10. The fourth-order valence-corrected chi connectivity index (χ4v) is 3.57. The van der Waals surface area contributed by atoms with E-state index in [0.717, 1.165) is 0 Å². The van der Waals surface area contributed by atoms with Gasteiger partial charge < -0.3 is 0 Å². The van der Waals surface area contributed by atoms with E-state index in [9.17, 15) is 5.21 Å². The molecule has 2 heterocycles. The van der Waals surface area contributed by atoms with Crippen molar-refractivity contribution in [3.8, 4) is 0 Å². The largest absolute Gasteiger partial charge is 0.290 e. The molecule has 27 heavy (non-hydrogen) atoms. The molecule has 0 bridgehead atoms. The molecular weight excluding hydrogens is 430 g/mol. The number of benzene rings is 1. The number of aliphatic imine (C=N–C) groups is 1. The van der Waals surface area contributed by atoms with Gasteiger partial charge in [0.15, 0.2) is 11.5 Å². The molecule has 0 aliphatic heterocycles. The number of fused-ring (bicyclic) bond motifs is 1. The number of halogens is 2. The molecule has 140 valence electrons. The highest BCUT2D eigenvalue weighted by atomic mass is 79.9. The Hall–Kier alpha value is -2.09. The summed E-state index contributed by atoms with van der Waals surface area (Å²) in [7, 11) is 0. The maximum absolute atomic E-state index is 9.75. The van der Waals surface area contributed by atoms with Gasteiger partial charge in [-0.25, -0.2) is 9.97 Å². The summed E-state index contributed by atoms with van der Waals surface area (Å²) in [6.45, 7) is 4.14. The predicted molar refractivity (Wildman–Crippen MR) is 111 cm³/mol. The zero-order valence-electron chi connectivity index (χ0n) is 14.9. The lowest BCUT2D eigenvalue weighted by atomic mass is 10.00. The van der Waals surface area contributed by atoms with Crippen molar-refractivity contribution in [1.82, 2.24) is 20.4 Å². The Morgan fingerprint density at radius 3 is 2.74 bits per heavy atom. The van der Waals surface area contributed by atoms with Crippen molar-refractivity contribution < 1.29 is 5.21 Å². The zero-order valence-corrected chi connectivity index (χ0v) is 17.3. The first-order valence-electron chi connectivity index (χ1n) is 8.39. The Morgan fingerprint density at radius 1 is 1.26 bits per heavy atom. The zero-order chi connectivity index (χ0) is 19.4. The van der Waals surface area contributed by atoms with Crippen molar-refractivity contribution in [1.29, 1.82) is 0 Å². The Morgan fingerprint density at radius 2 is 2.04 bits per heavy atom. The summed E-state index contributed by atoms with van der Waals surface area (Å²) >= 11 is 9.64. The van der Waals surface area contributed by atoms with Crippen LogP contribution in [0.3, 0.4) is 0 Å². The number of hydrogen-bond donors (Lipinski definition) is 2. The lowest BCUT2D eigenvalue weighted by Crippen LogP contribution is -2.26. The van der Waals surface area contributed by atoms with E-state index >= 15 is 0 Å². The smallest absolute Gasteiger partial charge is 0.178 e. The summed E-state index contributed by atoms with van der Waals surface area (Å²) in [5, 5.41) is 9.75. The fourth-order valence-electron chi connectivity index (χ4n) is 2.92. The minimum absolute atomic E-state index is 0.227. The van der Waals surface area contributed by atoms with E-state index in [1.54, 1.807) is 18.6 Å². The molecular formula is C19H19BrClN5O. The van der Waals surface area contributed by atoms with E-state index in [0.29, 0.717) is 33.5 Å². The van der Waals surface area contributed by atoms with Crippen molar-refractivity contribution in [3.05, 3.63) is 63.5 Å².